The van der Waals surface area contributed by atoms with Gasteiger partial charge in [-0.2, -0.15) is 0 Å². The number of rotatable bonds is 6. The van der Waals surface area contributed by atoms with Gasteiger partial charge in [-0.1, -0.05) is 36.7 Å². The van der Waals surface area contributed by atoms with Crippen molar-refractivity contribution in [3.05, 3.63) is 52.9 Å². The van der Waals surface area contributed by atoms with Crippen LogP contribution in [0.5, 0.6) is 5.88 Å². The maximum atomic E-state index is 6.05. The molecule has 0 amide bonds. The first-order valence-electron chi connectivity index (χ1n) is 6.17. The summed E-state index contributed by atoms with van der Waals surface area (Å²) in [6.07, 6.45) is 3.34. The van der Waals surface area contributed by atoms with E-state index in [2.05, 4.69) is 22.2 Å². The standard InChI is InChI=1S/C14H16ClN3O/c1-2-16-7-12-8-18-14(9-17-12)19-10-11-5-3-4-6-13(11)15/h3-6,8-9,16H,2,7,10H2,1H3. The lowest BCUT2D eigenvalue weighted by molar-refractivity contribution is 0.292. The molecule has 0 saturated carbocycles. The molecule has 100 valence electrons. The van der Waals surface area contributed by atoms with Gasteiger partial charge >= 0.3 is 0 Å². The predicted molar refractivity (Wildman–Crippen MR) is 75.2 cm³/mol. The van der Waals surface area contributed by atoms with E-state index in [9.17, 15) is 0 Å². The fraction of sp³-hybridized carbons (Fsp3) is 0.286. The highest BCUT2D eigenvalue weighted by atomic mass is 35.5. The highest BCUT2D eigenvalue weighted by Crippen LogP contribution is 2.16. The van der Waals surface area contributed by atoms with Crippen molar-refractivity contribution in [2.75, 3.05) is 6.54 Å². The van der Waals surface area contributed by atoms with Crippen LogP contribution in [0.2, 0.25) is 5.02 Å². The van der Waals surface area contributed by atoms with Crippen LogP contribution in [0.15, 0.2) is 36.7 Å². The van der Waals surface area contributed by atoms with Crippen LogP contribution in [0.4, 0.5) is 0 Å². The number of nitrogens with one attached hydrogen (secondary N) is 1. The number of halogens is 1. The normalized spacial score (nSPS) is 10.4. The fourth-order valence-corrected chi connectivity index (χ4v) is 1.72. The fourth-order valence-electron chi connectivity index (χ4n) is 1.53. The first-order valence-corrected chi connectivity index (χ1v) is 6.55. The molecule has 0 atom stereocenters. The summed E-state index contributed by atoms with van der Waals surface area (Å²) in [4.78, 5) is 8.48. The van der Waals surface area contributed by atoms with Crippen molar-refractivity contribution in [2.45, 2.75) is 20.1 Å². The van der Waals surface area contributed by atoms with Crippen molar-refractivity contribution in [3.8, 4) is 5.88 Å². The molecule has 1 aromatic heterocycles. The molecule has 2 aromatic rings. The number of aromatic nitrogens is 2. The van der Waals surface area contributed by atoms with Gasteiger partial charge in [-0.3, -0.25) is 4.98 Å². The third kappa shape index (κ3) is 4.19. The van der Waals surface area contributed by atoms with E-state index < -0.39 is 0 Å². The highest BCUT2D eigenvalue weighted by molar-refractivity contribution is 6.31. The van der Waals surface area contributed by atoms with Gasteiger partial charge in [0.15, 0.2) is 0 Å². The number of nitrogens with zero attached hydrogens (tertiary/aromatic N) is 2. The molecule has 4 nitrogen and oxygen atoms in total. The summed E-state index contributed by atoms with van der Waals surface area (Å²) >= 11 is 6.05. The molecule has 19 heavy (non-hydrogen) atoms. The second kappa shape index (κ2) is 7.07. The molecule has 1 N–H and O–H groups in total. The molecule has 2 rings (SSSR count). The number of benzene rings is 1. The van der Waals surface area contributed by atoms with E-state index in [0.717, 1.165) is 17.8 Å². The van der Waals surface area contributed by atoms with Crippen molar-refractivity contribution in [2.24, 2.45) is 0 Å². The quantitative estimate of drug-likeness (QED) is 0.882. The summed E-state index contributed by atoms with van der Waals surface area (Å²) in [5, 5.41) is 3.88. The average Bonchev–Trinajstić information content (AvgIpc) is 2.45. The third-order valence-electron chi connectivity index (χ3n) is 2.57. The van der Waals surface area contributed by atoms with Crippen molar-refractivity contribution in [1.82, 2.24) is 15.3 Å². The number of hydrogen-bond acceptors (Lipinski definition) is 4. The predicted octanol–water partition coefficient (Wildman–Crippen LogP) is 2.82. The molecule has 0 fully saturated rings. The molecule has 0 aliphatic heterocycles. The van der Waals surface area contributed by atoms with Crippen LogP contribution in [0, 0.1) is 0 Å². The molecular formula is C14H16ClN3O. The van der Waals surface area contributed by atoms with Gasteiger partial charge in [0.25, 0.3) is 0 Å². The van der Waals surface area contributed by atoms with E-state index >= 15 is 0 Å². The number of hydrogen-bond donors (Lipinski definition) is 1. The van der Waals surface area contributed by atoms with Gasteiger partial charge in [0, 0.05) is 17.1 Å². The second-order valence-electron chi connectivity index (χ2n) is 4.01. The molecule has 0 bridgehead atoms. The van der Waals surface area contributed by atoms with Crippen molar-refractivity contribution in [3.63, 3.8) is 0 Å². The van der Waals surface area contributed by atoms with Crippen molar-refractivity contribution < 1.29 is 4.74 Å². The van der Waals surface area contributed by atoms with Crippen LogP contribution in [0.1, 0.15) is 18.2 Å². The molecule has 0 spiro atoms. The zero-order valence-corrected chi connectivity index (χ0v) is 11.5. The van der Waals surface area contributed by atoms with E-state index in [1.54, 1.807) is 12.4 Å². The largest absolute Gasteiger partial charge is 0.472 e. The van der Waals surface area contributed by atoms with E-state index in [1.165, 1.54) is 0 Å². The van der Waals surface area contributed by atoms with Gasteiger partial charge in [-0.15, -0.1) is 0 Å². The molecule has 5 heteroatoms. The van der Waals surface area contributed by atoms with Crippen molar-refractivity contribution in [1.29, 1.82) is 0 Å². The minimum absolute atomic E-state index is 0.390. The van der Waals surface area contributed by atoms with Gasteiger partial charge in [0.05, 0.1) is 18.1 Å². The zero-order chi connectivity index (χ0) is 13.5. The van der Waals surface area contributed by atoms with E-state index in [-0.39, 0.29) is 0 Å². The Labute approximate surface area is 117 Å². The van der Waals surface area contributed by atoms with Crippen LogP contribution in [-0.2, 0) is 13.2 Å². The van der Waals surface area contributed by atoms with E-state index in [1.807, 2.05) is 24.3 Å². The monoisotopic (exact) mass is 277 g/mol. The van der Waals surface area contributed by atoms with Crippen LogP contribution < -0.4 is 10.1 Å². The summed E-state index contributed by atoms with van der Waals surface area (Å²) in [5.41, 5.74) is 1.83. The molecule has 1 heterocycles. The lowest BCUT2D eigenvalue weighted by atomic mass is 10.2. The summed E-state index contributed by atoms with van der Waals surface area (Å²) < 4.78 is 5.55. The maximum Gasteiger partial charge on any atom is 0.232 e. The van der Waals surface area contributed by atoms with Crippen LogP contribution >= 0.6 is 11.6 Å². The van der Waals surface area contributed by atoms with Gasteiger partial charge < -0.3 is 10.1 Å². The summed E-state index contributed by atoms with van der Waals surface area (Å²) in [6, 6.07) is 7.58. The lowest BCUT2D eigenvalue weighted by Crippen LogP contribution is -2.13. The summed E-state index contributed by atoms with van der Waals surface area (Å²) in [7, 11) is 0. The second-order valence-corrected chi connectivity index (χ2v) is 4.41. The highest BCUT2D eigenvalue weighted by Gasteiger charge is 2.02. The Bertz CT molecular complexity index is 516. The Balaban J connectivity index is 1.91. The average molecular weight is 278 g/mol. The molecular weight excluding hydrogens is 262 g/mol. The first-order chi connectivity index (χ1) is 9.29. The third-order valence-corrected chi connectivity index (χ3v) is 2.94. The smallest absolute Gasteiger partial charge is 0.232 e. The van der Waals surface area contributed by atoms with Gasteiger partial charge in [0.1, 0.15) is 6.61 Å². The Morgan fingerprint density at radius 3 is 2.74 bits per heavy atom. The van der Waals surface area contributed by atoms with Crippen LogP contribution in [-0.4, -0.2) is 16.5 Å². The summed E-state index contributed by atoms with van der Waals surface area (Å²) in [6.45, 7) is 4.07. The lowest BCUT2D eigenvalue weighted by Gasteiger charge is -2.07. The minimum atomic E-state index is 0.390. The van der Waals surface area contributed by atoms with E-state index in [4.69, 9.17) is 16.3 Å². The molecule has 0 saturated heterocycles. The van der Waals surface area contributed by atoms with Gasteiger partial charge in [-0.05, 0) is 12.6 Å². The first kappa shape index (κ1) is 13.8. The molecule has 0 unspecified atom stereocenters. The minimum Gasteiger partial charge on any atom is -0.472 e. The molecule has 0 aliphatic rings. The maximum absolute atomic E-state index is 6.05. The number of ether oxygens (including phenoxy) is 1. The zero-order valence-electron chi connectivity index (χ0n) is 10.8. The molecule has 1 aromatic carbocycles. The topological polar surface area (TPSA) is 47.0 Å². The molecule has 0 radical (unpaired) electrons. The van der Waals surface area contributed by atoms with E-state index in [0.29, 0.717) is 24.1 Å². The SMILES string of the molecule is CCNCc1cnc(OCc2ccccc2Cl)cn1. The van der Waals surface area contributed by atoms with Crippen LogP contribution in [0.3, 0.4) is 0 Å². The Morgan fingerprint density at radius 2 is 2.05 bits per heavy atom. The van der Waals surface area contributed by atoms with Gasteiger partial charge in [0.2, 0.25) is 5.88 Å². The van der Waals surface area contributed by atoms with Crippen LogP contribution in [0.25, 0.3) is 0 Å². The van der Waals surface area contributed by atoms with Crippen molar-refractivity contribution >= 4 is 11.6 Å². The molecule has 0 aliphatic carbocycles. The Hall–Kier alpha value is -1.65. The summed E-state index contributed by atoms with van der Waals surface area (Å²) in [5.74, 6) is 0.500. The van der Waals surface area contributed by atoms with Gasteiger partial charge in [-0.25, -0.2) is 4.98 Å². The Morgan fingerprint density at radius 1 is 1.21 bits per heavy atom. The Kier molecular flexibility index (Phi) is 5.12.